The van der Waals surface area contributed by atoms with Crippen LogP contribution in [0.25, 0.3) is 0 Å². The normalized spacial score (nSPS) is 19.0. The second kappa shape index (κ2) is 6.62. The molecule has 0 saturated carbocycles. The highest BCUT2D eigenvalue weighted by Gasteiger charge is 2.31. The summed E-state index contributed by atoms with van der Waals surface area (Å²) in [5, 5.41) is 3.20. The summed E-state index contributed by atoms with van der Waals surface area (Å²) >= 11 is 0. The summed E-state index contributed by atoms with van der Waals surface area (Å²) in [6.45, 7) is 3.02. The zero-order valence-corrected chi connectivity index (χ0v) is 14.3. The van der Waals surface area contributed by atoms with E-state index >= 15 is 0 Å². The van der Waals surface area contributed by atoms with Crippen LogP contribution >= 0.6 is 12.4 Å². The van der Waals surface area contributed by atoms with E-state index in [2.05, 4.69) is 5.32 Å². The summed E-state index contributed by atoms with van der Waals surface area (Å²) in [4.78, 5) is 0.314. The Morgan fingerprint density at radius 3 is 2.36 bits per heavy atom. The van der Waals surface area contributed by atoms with E-state index in [4.69, 9.17) is 9.47 Å². The van der Waals surface area contributed by atoms with E-state index in [9.17, 15) is 8.42 Å². The van der Waals surface area contributed by atoms with Gasteiger partial charge in [0.25, 0.3) is 0 Å². The average Bonchev–Trinajstić information content (AvgIpc) is 2.93. The van der Waals surface area contributed by atoms with Crippen LogP contribution in [0.5, 0.6) is 11.5 Å². The zero-order valence-electron chi connectivity index (χ0n) is 12.7. The molecule has 1 fully saturated rings. The highest BCUT2D eigenvalue weighted by Crippen LogP contribution is 2.37. The van der Waals surface area contributed by atoms with Crippen LogP contribution in [0.1, 0.15) is 18.4 Å². The molecule has 0 bridgehead atoms. The third-order valence-corrected chi connectivity index (χ3v) is 6.19. The maximum absolute atomic E-state index is 12.8. The van der Waals surface area contributed by atoms with Crippen molar-refractivity contribution in [3.8, 4) is 11.5 Å². The molecular formula is C14H21ClN2O4S. The molecule has 6 nitrogen and oxygen atoms in total. The fourth-order valence-electron chi connectivity index (χ4n) is 2.83. The second-order valence-electron chi connectivity index (χ2n) is 5.44. The van der Waals surface area contributed by atoms with Gasteiger partial charge >= 0.3 is 0 Å². The van der Waals surface area contributed by atoms with Gasteiger partial charge in [0.15, 0.2) is 11.5 Å². The van der Waals surface area contributed by atoms with Crippen LogP contribution in [0.4, 0.5) is 0 Å². The number of hydrogen-bond acceptors (Lipinski definition) is 5. The van der Waals surface area contributed by atoms with Crippen molar-refractivity contribution in [1.82, 2.24) is 9.62 Å². The predicted molar refractivity (Wildman–Crippen MR) is 85.4 cm³/mol. The van der Waals surface area contributed by atoms with Gasteiger partial charge in [-0.2, -0.15) is 4.31 Å². The third-order valence-electron chi connectivity index (χ3n) is 4.15. The quantitative estimate of drug-likeness (QED) is 0.897. The smallest absolute Gasteiger partial charge is 0.243 e. The molecule has 2 aliphatic heterocycles. The van der Waals surface area contributed by atoms with Crippen LogP contribution in [0.3, 0.4) is 0 Å². The van der Waals surface area contributed by atoms with E-state index in [0.717, 1.165) is 12.8 Å². The fourth-order valence-corrected chi connectivity index (χ4v) is 4.52. The lowest BCUT2D eigenvalue weighted by molar-refractivity contribution is 0.174. The lowest BCUT2D eigenvalue weighted by Crippen LogP contribution is -2.44. The molecule has 0 aliphatic carbocycles. The Hall–Kier alpha value is -1.02. The minimum atomic E-state index is -3.48. The predicted octanol–water partition coefficient (Wildman–Crippen LogP) is 1.52. The van der Waals surface area contributed by atoms with E-state index in [1.807, 2.05) is 7.05 Å². The molecule has 0 radical (unpaired) electrons. The largest absolute Gasteiger partial charge is 0.454 e. The average molecular weight is 349 g/mol. The van der Waals surface area contributed by atoms with E-state index in [0.29, 0.717) is 41.1 Å². The van der Waals surface area contributed by atoms with Gasteiger partial charge in [0.1, 0.15) is 0 Å². The SMILES string of the molecule is CNC1CCN(S(=O)(=O)c2cc3c(cc2C)OCO3)CC1.Cl. The highest BCUT2D eigenvalue weighted by molar-refractivity contribution is 7.89. The van der Waals surface area contributed by atoms with Gasteiger partial charge in [-0.1, -0.05) is 0 Å². The summed E-state index contributed by atoms with van der Waals surface area (Å²) in [5.41, 5.74) is 0.690. The van der Waals surface area contributed by atoms with Crippen LogP contribution in [0.15, 0.2) is 17.0 Å². The maximum atomic E-state index is 12.8. The second-order valence-corrected chi connectivity index (χ2v) is 7.34. The summed E-state index contributed by atoms with van der Waals surface area (Å²) < 4.78 is 37.8. The number of nitrogens with zero attached hydrogens (tertiary/aromatic N) is 1. The summed E-state index contributed by atoms with van der Waals surface area (Å²) in [6, 6.07) is 3.71. The lowest BCUT2D eigenvalue weighted by atomic mass is 10.1. The zero-order chi connectivity index (χ0) is 15.0. The van der Waals surface area contributed by atoms with Crippen LogP contribution < -0.4 is 14.8 Å². The Labute approximate surface area is 137 Å². The molecule has 0 amide bonds. The topological polar surface area (TPSA) is 67.9 Å². The number of rotatable bonds is 3. The van der Waals surface area contributed by atoms with Gasteiger partial charge in [-0.15, -0.1) is 12.4 Å². The summed E-state index contributed by atoms with van der Waals surface area (Å²) in [7, 11) is -1.56. The first-order valence-electron chi connectivity index (χ1n) is 7.10. The Kier molecular flexibility index (Phi) is 5.21. The number of fused-ring (bicyclic) bond motifs is 1. The van der Waals surface area contributed by atoms with Gasteiger partial charge in [0.2, 0.25) is 16.8 Å². The number of sulfonamides is 1. The van der Waals surface area contributed by atoms with Crippen LogP contribution in [0, 0.1) is 6.92 Å². The Morgan fingerprint density at radius 2 is 1.77 bits per heavy atom. The first kappa shape index (κ1) is 17.3. The minimum Gasteiger partial charge on any atom is -0.454 e. The molecule has 0 aromatic heterocycles. The van der Waals surface area contributed by atoms with Crippen LogP contribution in [-0.4, -0.2) is 45.7 Å². The first-order valence-corrected chi connectivity index (χ1v) is 8.54. The molecule has 2 heterocycles. The van der Waals surface area contributed by atoms with Gasteiger partial charge in [-0.05, 0) is 38.4 Å². The number of piperidine rings is 1. The molecule has 2 aliphatic rings. The number of benzene rings is 1. The number of halogens is 1. The van der Waals surface area contributed by atoms with Gasteiger partial charge < -0.3 is 14.8 Å². The Bertz CT molecular complexity index is 642. The Balaban J connectivity index is 0.00000176. The fraction of sp³-hybridized carbons (Fsp3) is 0.571. The van der Waals surface area contributed by atoms with Crippen molar-refractivity contribution in [3.63, 3.8) is 0 Å². The van der Waals surface area contributed by atoms with E-state index < -0.39 is 10.0 Å². The Morgan fingerprint density at radius 1 is 1.18 bits per heavy atom. The highest BCUT2D eigenvalue weighted by atomic mass is 35.5. The number of ether oxygens (including phenoxy) is 2. The van der Waals surface area contributed by atoms with Gasteiger partial charge in [-0.25, -0.2) is 8.42 Å². The van der Waals surface area contributed by atoms with Gasteiger partial charge in [0, 0.05) is 25.2 Å². The summed E-state index contributed by atoms with van der Waals surface area (Å²) in [6.07, 6.45) is 1.67. The van der Waals surface area contributed by atoms with Crippen molar-refractivity contribution in [2.45, 2.75) is 30.7 Å². The molecule has 8 heteroatoms. The van der Waals surface area contributed by atoms with Crippen molar-refractivity contribution in [3.05, 3.63) is 17.7 Å². The monoisotopic (exact) mass is 348 g/mol. The molecule has 124 valence electrons. The molecular weight excluding hydrogens is 328 g/mol. The maximum Gasteiger partial charge on any atom is 0.243 e. The van der Waals surface area contributed by atoms with Crippen molar-refractivity contribution in [1.29, 1.82) is 0 Å². The molecule has 1 N–H and O–H groups in total. The minimum absolute atomic E-state index is 0. The van der Waals surface area contributed by atoms with Gasteiger partial charge in [-0.3, -0.25) is 0 Å². The van der Waals surface area contributed by atoms with Crippen LogP contribution in [0.2, 0.25) is 0 Å². The molecule has 3 rings (SSSR count). The van der Waals surface area contributed by atoms with E-state index in [1.54, 1.807) is 23.4 Å². The van der Waals surface area contributed by atoms with Crippen molar-refractivity contribution >= 4 is 22.4 Å². The van der Waals surface area contributed by atoms with Crippen molar-refractivity contribution < 1.29 is 17.9 Å². The number of aryl methyl sites for hydroxylation is 1. The van der Waals surface area contributed by atoms with Crippen molar-refractivity contribution in [2.24, 2.45) is 0 Å². The molecule has 0 atom stereocenters. The number of hydrogen-bond donors (Lipinski definition) is 1. The molecule has 1 saturated heterocycles. The van der Waals surface area contributed by atoms with E-state index in [1.165, 1.54) is 0 Å². The molecule has 0 unspecified atom stereocenters. The standard InChI is InChI=1S/C14H20N2O4S.ClH/c1-10-7-12-13(20-9-19-12)8-14(10)21(17,18)16-5-3-11(15-2)4-6-16;/h7-8,11,15H,3-6,9H2,1-2H3;1H. The van der Waals surface area contributed by atoms with Gasteiger partial charge in [0.05, 0.1) is 4.90 Å². The lowest BCUT2D eigenvalue weighted by Gasteiger charge is -2.31. The molecule has 22 heavy (non-hydrogen) atoms. The number of nitrogens with one attached hydrogen (secondary N) is 1. The van der Waals surface area contributed by atoms with Crippen molar-refractivity contribution in [2.75, 3.05) is 26.9 Å². The van der Waals surface area contributed by atoms with E-state index in [-0.39, 0.29) is 19.2 Å². The third kappa shape index (κ3) is 3.03. The molecule has 0 spiro atoms. The molecule has 1 aromatic carbocycles. The van der Waals surface area contributed by atoms with Crippen LogP contribution in [-0.2, 0) is 10.0 Å². The summed E-state index contributed by atoms with van der Waals surface area (Å²) in [5.74, 6) is 1.12. The molecule has 1 aromatic rings. The first-order chi connectivity index (χ1) is 10.0.